The van der Waals surface area contributed by atoms with Gasteiger partial charge in [0.15, 0.2) is 5.82 Å². The summed E-state index contributed by atoms with van der Waals surface area (Å²) >= 11 is 0. The second-order valence-electron chi connectivity index (χ2n) is 7.89. The summed E-state index contributed by atoms with van der Waals surface area (Å²) in [7, 11) is 1.49. The fourth-order valence-electron chi connectivity index (χ4n) is 4.07. The molecule has 5 rings (SSSR count). The number of nitrogens with zero attached hydrogens (tertiary/aromatic N) is 4. The van der Waals surface area contributed by atoms with Gasteiger partial charge in [0, 0.05) is 30.0 Å². The lowest BCUT2D eigenvalue weighted by atomic mass is 9.98. The Morgan fingerprint density at radius 2 is 2.00 bits per heavy atom. The highest BCUT2D eigenvalue weighted by molar-refractivity contribution is 5.79. The summed E-state index contributed by atoms with van der Waals surface area (Å²) < 4.78 is 10.7. The van der Waals surface area contributed by atoms with Gasteiger partial charge in [0.1, 0.15) is 23.8 Å². The van der Waals surface area contributed by atoms with Crippen LogP contribution < -0.4 is 26.0 Å². The van der Waals surface area contributed by atoms with E-state index in [0.717, 1.165) is 55.1 Å². The molecule has 0 saturated carbocycles. The zero-order valence-electron chi connectivity index (χ0n) is 18.7. The number of ether oxygens (including phenoxy) is 2. The molecule has 4 N–H and O–H groups in total. The van der Waals surface area contributed by atoms with Crippen molar-refractivity contribution in [3.63, 3.8) is 0 Å². The second-order valence-corrected chi connectivity index (χ2v) is 7.89. The molecule has 0 radical (unpaired) electrons. The van der Waals surface area contributed by atoms with Gasteiger partial charge in [-0.2, -0.15) is 0 Å². The van der Waals surface area contributed by atoms with Crippen molar-refractivity contribution in [1.29, 1.82) is 0 Å². The number of carbonyl (C=O) groups excluding carboxylic acids is 1. The molecule has 10 heteroatoms. The van der Waals surface area contributed by atoms with Crippen molar-refractivity contribution in [2.24, 2.45) is 0 Å². The Bertz CT molecular complexity index is 1220. The molecule has 1 aromatic carbocycles. The van der Waals surface area contributed by atoms with Gasteiger partial charge in [0.05, 0.1) is 32.2 Å². The van der Waals surface area contributed by atoms with E-state index in [9.17, 15) is 4.79 Å². The first-order valence-corrected chi connectivity index (χ1v) is 11.0. The van der Waals surface area contributed by atoms with Crippen LogP contribution in [0.15, 0.2) is 42.7 Å². The molecule has 174 valence electrons. The van der Waals surface area contributed by atoms with Crippen molar-refractivity contribution < 1.29 is 14.3 Å². The predicted molar refractivity (Wildman–Crippen MR) is 130 cm³/mol. The van der Waals surface area contributed by atoms with E-state index < -0.39 is 6.04 Å². The van der Waals surface area contributed by atoms with Crippen LogP contribution >= 0.6 is 0 Å². The number of nitrogens with one attached hydrogen (secondary N) is 2. The lowest BCUT2D eigenvalue weighted by Crippen LogP contribution is -2.36. The first kappa shape index (κ1) is 21.7. The van der Waals surface area contributed by atoms with Crippen molar-refractivity contribution >= 4 is 35.4 Å². The van der Waals surface area contributed by atoms with Gasteiger partial charge in [0.25, 0.3) is 5.88 Å². The van der Waals surface area contributed by atoms with Gasteiger partial charge in [-0.05, 0) is 48.2 Å². The molecule has 10 nitrogen and oxygen atoms in total. The molecule has 1 fully saturated rings. The smallest absolute Gasteiger partial charge is 0.257 e. The number of morpholine rings is 1. The Hall–Kier alpha value is -4.18. The van der Waals surface area contributed by atoms with E-state index in [1.165, 1.54) is 7.11 Å². The number of hydrogen-bond acceptors (Lipinski definition) is 10. The van der Waals surface area contributed by atoms with Crippen molar-refractivity contribution in [2.75, 3.05) is 49.4 Å². The lowest BCUT2D eigenvalue weighted by Gasteiger charge is -2.29. The summed E-state index contributed by atoms with van der Waals surface area (Å²) in [5.74, 6) is 0.986. The van der Waals surface area contributed by atoms with Gasteiger partial charge < -0.3 is 35.5 Å². The Kier molecular flexibility index (Phi) is 5.96. The van der Waals surface area contributed by atoms with Crippen LogP contribution in [0.3, 0.4) is 0 Å². The molecule has 0 aliphatic carbocycles. The van der Waals surface area contributed by atoms with E-state index >= 15 is 0 Å². The van der Waals surface area contributed by atoms with Crippen LogP contribution in [0.4, 0.5) is 23.0 Å². The van der Waals surface area contributed by atoms with Crippen LogP contribution in [-0.4, -0.2) is 54.7 Å². The van der Waals surface area contributed by atoms with Crippen LogP contribution in [0.5, 0.6) is 5.88 Å². The molecule has 0 bridgehead atoms. The number of nitrogens with two attached hydrogens (primary N) is 1. The third-order valence-corrected chi connectivity index (χ3v) is 5.81. The minimum Gasteiger partial charge on any atom is -0.478 e. The van der Waals surface area contributed by atoms with Gasteiger partial charge in [-0.15, -0.1) is 0 Å². The number of methoxy groups -OCH3 is 1. The molecule has 1 unspecified atom stereocenters. The first-order chi connectivity index (χ1) is 16.7. The van der Waals surface area contributed by atoms with Gasteiger partial charge >= 0.3 is 0 Å². The van der Waals surface area contributed by atoms with Gasteiger partial charge in [-0.25, -0.2) is 15.0 Å². The van der Waals surface area contributed by atoms with Crippen molar-refractivity contribution in [2.45, 2.75) is 6.04 Å². The molecule has 4 heterocycles. The number of rotatable bonds is 6. The van der Waals surface area contributed by atoms with Crippen LogP contribution in [0.1, 0.15) is 17.2 Å². The van der Waals surface area contributed by atoms with Crippen LogP contribution in [0.2, 0.25) is 0 Å². The van der Waals surface area contributed by atoms with Gasteiger partial charge in [-0.1, -0.05) is 0 Å². The average Bonchev–Trinajstić information content (AvgIpc) is 2.89. The van der Waals surface area contributed by atoms with Crippen molar-refractivity contribution in [3.8, 4) is 17.3 Å². The monoisotopic (exact) mass is 459 g/mol. The summed E-state index contributed by atoms with van der Waals surface area (Å²) in [6.45, 7) is 3.20. The fraction of sp³-hybridized carbons (Fsp3) is 0.250. The molecule has 2 aliphatic rings. The van der Waals surface area contributed by atoms with E-state index in [4.69, 9.17) is 20.2 Å². The van der Waals surface area contributed by atoms with Crippen LogP contribution in [-0.2, 0) is 9.53 Å². The largest absolute Gasteiger partial charge is 0.478 e. The second kappa shape index (κ2) is 9.36. The summed E-state index contributed by atoms with van der Waals surface area (Å²) in [4.78, 5) is 27.5. The molecule has 3 aromatic rings. The number of carbonyl (C=O) groups is 1. The highest BCUT2D eigenvalue weighted by Crippen LogP contribution is 2.34. The minimum atomic E-state index is -0.524. The van der Waals surface area contributed by atoms with E-state index in [0.29, 0.717) is 17.2 Å². The molecule has 34 heavy (non-hydrogen) atoms. The molecule has 0 spiro atoms. The Balaban J connectivity index is 1.52. The molecule has 1 atom stereocenters. The lowest BCUT2D eigenvalue weighted by molar-refractivity contribution is -0.109. The van der Waals surface area contributed by atoms with Crippen LogP contribution in [0, 0.1) is 0 Å². The molecule has 2 aromatic heterocycles. The molecule has 1 saturated heterocycles. The normalized spacial score (nSPS) is 17.0. The summed E-state index contributed by atoms with van der Waals surface area (Å²) in [6, 6.07) is 9.48. The topological polar surface area (TPSA) is 128 Å². The molecular weight excluding hydrogens is 434 g/mol. The number of anilines is 4. The molecule has 0 amide bonds. The highest BCUT2D eigenvalue weighted by atomic mass is 16.5. The van der Waals surface area contributed by atoms with Crippen molar-refractivity contribution in [1.82, 2.24) is 20.3 Å². The van der Waals surface area contributed by atoms with Crippen molar-refractivity contribution in [3.05, 3.63) is 53.9 Å². The van der Waals surface area contributed by atoms with E-state index in [1.54, 1.807) is 12.4 Å². The van der Waals surface area contributed by atoms with E-state index in [-0.39, 0.29) is 11.7 Å². The number of nitrogen functional groups attached to an aromatic ring is 1. The number of hydrogen-bond donors (Lipinski definition) is 3. The summed E-state index contributed by atoms with van der Waals surface area (Å²) in [5.41, 5.74) is 10.5. The fourth-order valence-corrected chi connectivity index (χ4v) is 4.07. The van der Waals surface area contributed by atoms with Gasteiger partial charge in [-0.3, -0.25) is 0 Å². The Morgan fingerprint density at radius 1 is 1.21 bits per heavy atom. The summed E-state index contributed by atoms with van der Waals surface area (Å²) in [5, 5.41) is 6.46. The Morgan fingerprint density at radius 3 is 2.74 bits per heavy atom. The highest BCUT2D eigenvalue weighted by Gasteiger charge is 2.23. The van der Waals surface area contributed by atoms with Gasteiger partial charge in [0.2, 0.25) is 0 Å². The molecule has 2 aliphatic heterocycles. The first-order valence-electron chi connectivity index (χ1n) is 11.0. The van der Waals surface area contributed by atoms with Crippen LogP contribution in [0.25, 0.3) is 17.5 Å². The van der Waals surface area contributed by atoms with E-state index in [1.807, 2.05) is 24.3 Å². The maximum atomic E-state index is 11.8. The Labute approximate surface area is 196 Å². The number of pyridine rings is 1. The maximum absolute atomic E-state index is 11.8. The zero-order chi connectivity index (χ0) is 23.5. The summed E-state index contributed by atoms with van der Waals surface area (Å²) in [6.07, 6.45) is 6.06. The number of benzene rings is 1. The molecular formula is C24H25N7O3. The third-order valence-electron chi connectivity index (χ3n) is 5.81. The standard InChI is InChI=1S/C24H25N7O3/c1-33-24-22(25)27-13-19(30-24)18-12-15-6-7-26-20(14-32)21(15)23(29-18)28-16-2-4-17(5-3-16)31-8-10-34-11-9-31/h2-7,12-14,20,26H,8-11H2,1H3,(H2,25,27)(H,28,29). The third kappa shape index (κ3) is 4.23. The SMILES string of the molecule is COc1nc(-c2cc3c(c(Nc4ccc(N5CCOCC5)cc4)n2)C(C=O)NC=C3)cnc1N. The number of aldehydes is 1. The van der Waals surface area contributed by atoms with E-state index in [2.05, 4.69) is 37.6 Å². The zero-order valence-corrected chi connectivity index (χ0v) is 18.7. The predicted octanol–water partition coefficient (Wildman–Crippen LogP) is 2.52. The number of fused-ring (bicyclic) bond motifs is 1. The average molecular weight is 460 g/mol. The number of aromatic nitrogens is 3. The maximum Gasteiger partial charge on any atom is 0.257 e. The quantitative estimate of drug-likeness (QED) is 0.473. The minimum absolute atomic E-state index is 0.202.